The van der Waals surface area contributed by atoms with Crippen molar-refractivity contribution in [1.82, 2.24) is 4.98 Å². The molecule has 0 saturated carbocycles. The molecule has 0 spiro atoms. The van der Waals surface area contributed by atoms with E-state index in [1.807, 2.05) is 0 Å². The smallest absolute Gasteiger partial charge is 0.339 e. The Morgan fingerprint density at radius 2 is 2.29 bits per heavy atom. The normalized spacial score (nSPS) is 9.50. The maximum atomic E-state index is 10.7. The number of nitrogens with one attached hydrogen (secondary N) is 1. The molecule has 0 aliphatic carbocycles. The SMILES string of the molecule is CC(=O)CNc1ncccc1C(=O)O. The molecule has 0 aromatic carbocycles. The molecule has 5 nitrogen and oxygen atoms in total. The van der Waals surface area contributed by atoms with Crippen LogP contribution in [0.15, 0.2) is 18.3 Å². The summed E-state index contributed by atoms with van der Waals surface area (Å²) < 4.78 is 0. The zero-order valence-electron chi connectivity index (χ0n) is 7.65. The van der Waals surface area contributed by atoms with Crippen molar-refractivity contribution in [3.8, 4) is 0 Å². The van der Waals surface area contributed by atoms with Gasteiger partial charge in [0.25, 0.3) is 0 Å². The Hall–Kier alpha value is -1.91. The summed E-state index contributed by atoms with van der Waals surface area (Å²) in [6.45, 7) is 1.49. The Labute approximate surface area is 80.8 Å². The van der Waals surface area contributed by atoms with Gasteiger partial charge in [-0.3, -0.25) is 4.79 Å². The number of hydrogen-bond acceptors (Lipinski definition) is 4. The van der Waals surface area contributed by atoms with E-state index in [0.29, 0.717) is 0 Å². The summed E-state index contributed by atoms with van der Waals surface area (Å²) in [4.78, 5) is 25.2. The fourth-order valence-corrected chi connectivity index (χ4v) is 0.927. The van der Waals surface area contributed by atoms with Gasteiger partial charge < -0.3 is 10.4 Å². The number of Topliss-reactive ketones (excluding diaryl/α,β-unsaturated/α-hetero) is 1. The number of rotatable bonds is 4. The molecular formula is C9H10N2O3. The van der Waals surface area contributed by atoms with Gasteiger partial charge in [0.15, 0.2) is 0 Å². The molecule has 0 aliphatic rings. The molecule has 5 heteroatoms. The number of aromatic nitrogens is 1. The van der Waals surface area contributed by atoms with Crippen LogP contribution in [0.1, 0.15) is 17.3 Å². The van der Waals surface area contributed by atoms with Crippen molar-refractivity contribution in [2.45, 2.75) is 6.92 Å². The summed E-state index contributed by atoms with van der Waals surface area (Å²) >= 11 is 0. The Morgan fingerprint density at radius 3 is 2.86 bits per heavy atom. The van der Waals surface area contributed by atoms with Crippen LogP contribution in [0.3, 0.4) is 0 Å². The molecule has 0 unspecified atom stereocenters. The van der Waals surface area contributed by atoms with Gasteiger partial charge in [-0.15, -0.1) is 0 Å². The highest BCUT2D eigenvalue weighted by molar-refractivity contribution is 5.93. The fourth-order valence-electron chi connectivity index (χ4n) is 0.927. The molecule has 1 aromatic rings. The quantitative estimate of drug-likeness (QED) is 0.740. The Morgan fingerprint density at radius 1 is 1.57 bits per heavy atom. The van der Waals surface area contributed by atoms with E-state index in [1.165, 1.54) is 25.3 Å². The highest BCUT2D eigenvalue weighted by Gasteiger charge is 2.09. The van der Waals surface area contributed by atoms with Gasteiger partial charge in [-0.25, -0.2) is 9.78 Å². The minimum Gasteiger partial charge on any atom is -0.478 e. The lowest BCUT2D eigenvalue weighted by atomic mass is 10.2. The van der Waals surface area contributed by atoms with E-state index in [9.17, 15) is 9.59 Å². The first-order valence-corrected chi connectivity index (χ1v) is 4.03. The third-order valence-electron chi connectivity index (χ3n) is 1.54. The molecule has 0 radical (unpaired) electrons. The number of carboxylic acid groups (broad SMARTS) is 1. The van der Waals surface area contributed by atoms with E-state index in [2.05, 4.69) is 10.3 Å². The van der Waals surface area contributed by atoms with Crippen molar-refractivity contribution in [3.63, 3.8) is 0 Å². The second-order valence-corrected chi connectivity index (χ2v) is 2.76. The van der Waals surface area contributed by atoms with Crippen LogP contribution >= 0.6 is 0 Å². The second kappa shape index (κ2) is 4.36. The van der Waals surface area contributed by atoms with Gasteiger partial charge in [0.2, 0.25) is 0 Å². The molecule has 0 atom stereocenters. The topological polar surface area (TPSA) is 79.3 Å². The maximum Gasteiger partial charge on any atom is 0.339 e. The predicted octanol–water partition coefficient (Wildman–Crippen LogP) is 0.781. The number of carboxylic acids is 1. The number of carbonyl (C=O) groups is 2. The highest BCUT2D eigenvalue weighted by Crippen LogP contribution is 2.10. The van der Waals surface area contributed by atoms with E-state index in [1.54, 1.807) is 0 Å². The van der Waals surface area contributed by atoms with Crippen LogP contribution in [-0.2, 0) is 4.79 Å². The van der Waals surface area contributed by atoms with E-state index < -0.39 is 5.97 Å². The van der Waals surface area contributed by atoms with Crippen LogP contribution in [-0.4, -0.2) is 28.4 Å². The summed E-state index contributed by atoms with van der Waals surface area (Å²) in [5.41, 5.74) is 0.0637. The largest absolute Gasteiger partial charge is 0.478 e. The molecule has 0 aliphatic heterocycles. The lowest BCUT2D eigenvalue weighted by Gasteiger charge is -2.05. The van der Waals surface area contributed by atoms with Gasteiger partial charge in [0.1, 0.15) is 17.2 Å². The molecule has 0 saturated heterocycles. The molecule has 74 valence electrons. The number of carbonyl (C=O) groups excluding carboxylic acids is 1. The molecule has 1 aromatic heterocycles. The lowest BCUT2D eigenvalue weighted by molar-refractivity contribution is -0.115. The molecule has 0 bridgehead atoms. The minimum absolute atomic E-state index is 0.0637. The molecular weight excluding hydrogens is 184 g/mol. The zero-order valence-corrected chi connectivity index (χ0v) is 7.65. The zero-order chi connectivity index (χ0) is 10.6. The van der Waals surface area contributed by atoms with E-state index in [-0.39, 0.29) is 23.7 Å². The van der Waals surface area contributed by atoms with Gasteiger partial charge >= 0.3 is 5.97 Å². The van der Waals surface area contributed by atoms with Gasteiger partial charge in [0.05, 0.1) is 6.54 Å². The first-order valence-electron chi connectivity index (χ1n) is 4.03. The molecule has 14 heavy (non-hydrogen) atoms. The summed E-state index contributed by atoms with van der Waals surface area (Å²) in [5, 5.41) is 11.4. The van der Waals surface area contributed by atoms with Crippen LogP contribution in [0, 0.1) is 0 Å². The van der Waals surface area contributed by atoms with Crippen LogP contribution < -0.4 is 5.32 Å². The average molecular weight is 194 g/mol. The molecule has 2 N–H and O–H groups in total. The summed E-state index contributed by atoms with van der Waals surface area (Å²) in [6.07, 6.45) is 1.47. The van der Waals surface area contributed by atoms with Crippen molar-refractivity contribution >= 4 is 17.6 Å². The monoisotopic (exact) mass is 194 g/mol. The third kappa shape index (κ3) is 2.55. The third-order valence-corrected chi connectivity index (χ3v) is 1.54. The van der Waals surface area contributed by atoms with Crippen LogP contribution in [0.25, 0.3) is 0 Å². The average Bonchev–Trinajstić information content (AvgIpc) is 2.15. The van der Waals surface area contributed by atoms with Gasteiger partial charge in [-0.05, 0) is 19.1 Å². The molecule has 0 amide bonds. The van der Waals surface area contributed by atoms with E-state index in [4.69, 9.17) is 5.11 Å². The predicted molar refractivity (Wildman–Crippen MR) is 50.4 cm³/mol. The van der Waals surface area contributed by atoms with Crippen LogP contribution in [0.5, 0.6) is 0 Å². The van der Waals surface area contributed by atoms with E-state index >= 15 is 0 Å². The Bertz CT molecular complexity index is 363. The molecule has 1 rings (SSSR count). The van der Waals surface area contributed by atoms with Crippen molar-refractivity contribution in [3.05, 3.63) is 23.9 Å². The minimum atomic E-state index is -1.07. The van der Waals surface area contributed by atoms with Gasteiger partial charge in [0, 0.05) is 6.20 Å². The lowest BCUT2D eigenvalue weighted by Crippen LogP contribution is -2.14. The Kier molecular flexibility index (Phi) is 3.17. The molecule has 0 fully saturated rings. The van der Waals surface area contributed by atoms with Crippen molar-refractivity contribution in [1.29, 1.82) is 0 Å². The number of anilines is 1. The fraction of sp³-hybridized carbons (Fsp3) is 0.222. The van der Waals surface area contributed by atoms with Crippen LogP contribution in [0.4, 0.5) is 5.82 Å². The van der Waals surface area contributed by atoms with E-state index in [0.717, 1.165) is 0 Å². The first-order chi connectivity index (χ1) is 6.61. The van der Waals surface area contributed by atoms with Crippen molar-refractivity contribution in [2.24, 2.45) is 0 Å². The summed E-state index contributed by atoms with van der Waals surface area (Å²) in [5.74, 6) is -0.925. The van der Waals surface area contributed by atoms with Crippen molar-refractivity contribution in [2.75, 3.05) is 11.9 Å². The maximum absolute atomic E-state index is 10.7. The van der Waals surface area contributed by atoms with Gasteiger partial charge in [-0.2, -0.15) is 0 Å². The summed E-state index contributed by atoms with van der Waals surface area (Å²) in [7, 11) is 0. The standard InChI is InChI=1S/C9H10N2O3/c1-6(12)5-11-8-7(9(13)14)3-2-4-10-8/h2-4H,5H2,1H3,(H,10,11)(H,13,14). The van der Waals surface area contributed by atoms with Crippen molar-refractivity contribution < 1.29 is 14.7 Å². The number of nitrogens with zero attached hydrogens (tertiary/aromatic N) is 1. The number of aromatic carboxylic acids is 1. The van der Waals surface area contributed by atoms with Crippen LogP contribution in [0.2, 0.25) is 0 Å². The first kappa shape index (κ1) is 10.2. The summed E-state index contributed by atoms with van der Waals surface area (Å²) in [6, 6.07) is 2.96. The Balaban J connectivity index is 2.84. The highest BCUT2D eigenvalue weighted by atomic mass is 16.4. The second-order valence-electron chi connectivity index (χ2n) is 2.76. The van der Waals surface area contributed by atoms with Gasteiger partial charge in [-0.1, -0.05) is 0 Å². The molecule has 1 heterocycles. The number of pyridine rings is 1. The number of hydrogen-bond donors (Lipinski definition) is 2. The number of ketones is 1.